The number of hydrogen-bond acceptors (Lipinski definition) is 5. The van der Waals surface area contributed by atoms with E-state index in [0.717, 1.165) is 36.8 Å². The maximum absolute atomic E-state index is 5.71. The van der Waals surface area contributed by atoms with Gasteiger partial charge in [-0.25, -0.2) is 9.67 Å². The first-order valence-corrected chi connectivity index (χ1v) is 7.36. The maximum Gasteiger partial charge on any atom is 0.164 e. The van der Waals surface area contributed by atoms with Gasteiger partial charge in [-0.15, -0.1) is 0 Å². The molecule has 0 aliphatic carbocycles. The van der Waals surface area contributed by atoms with Crippen LogP contribution in [0.2, 0.25) is 0 Å². The number of hydrogen-bond donors (Lipinski definition) is 1. The Hall–Kier alpha value is -1.95. The van der Waals surface area contributed by atoms with Crippen LogP contribution in [0, 0.1) is 0 Å². The quantitative estimate of drug-likeness (QED) is 0.806. The number of rotatable bonds is 8. The number of aromatic nitrogens is 4. The summed E-state index contributed by atoms with van der Waals surface area (Å²) in [6.07, 6.45) is 4.33. The lowest BCUT2D eigenvalue weighted by atomic mass is 10.3. The Morgan fingerprint density at radius 2 is 2.14 bits per heavy atom. The van der Waals surface area contributed by atoms with Gasteiger partial charge in [0.15, 0.2) is 5.82 Å². The second kappa shape index (κ2) is 7.73. The monoisotopic (exact) mass is 289 g/mol. The molecule has 2 rings (SSSR count). The molecule has 2 aromatic heterocycles. The van der Waals surface area contributed by atoms with Crippen LogP contribution >= 0.6 is 0 Å². The summed E-state index contributed by atoms with van der Waals surface area (Å²) in [5, 5.41) is 7.51. The first kappa shape index (κ1) is 15.4. The Morgan fingerprint density at radius 1 is 1.29 bits per heavy atom. The number of ether oxygens (including phenoxy) is 1. The SMILES string of the molecule is CCCn1ncnc1COc1ccc(CNC(C)C)nc1. The van der Waals surface area contributed by atoms with E-state index in [1.54, 1.807) is 12.5 Å². The van der Waals surface area contributed by atoms with Crippen LogP contribution in [0.3, 0.4) is 0 Å². The zero-order chi connectivity index (χ0) is 15.1. The summed E-state index contributed by atoms with van der Waals surface area (Å²) in [4.78, 5) is 8.59. The molecule has 1 N–H and O–H groups in total. The average molecular weight is 289 g/mol. The molecule has 0 saturated heterocycles. The van der Waals surface area contributed by atoms with Gasteiger partial charge in [0.2, 0.25) is 0 Å². The van der Waals surface area contributed by atoms with Crippen molar-refractivity contribution >= 4 is 0 Å². The molecule has 2 heterocycles. The third kappa shape index (κ3) is 4.82. The fourth-order valence-electron chi connectivity index (χ4n) is 1.86. The lowest BCUT2D eigenvalue weighted by molar-refractivity contribution is 0.285. The van der Waals surface area contributed by atoms with Crippen molar-refractivity contribution in [3.8, 4) is 5.75 Å². The van der Waals surface area contributed by atoms with E-state index in [2.05, 4.69) is 41.2 Å². The fraction of sp³-hybridized carbons (Fsp3) is 0.533. The molecule has 0 saturated carbocycles. The van der Waals surface area contributed by atoms with Crippen LogP contribution in [-0.4, -0.2) is 25.8 Å². The van der Waals surface area contributed by atoms with Crippen molar-refractivity contribution in [2.75, 3.05) is 0 Å². The van der Waals surface area contributed by atoms with Crippen LogP contribution in [-0.2, 0) is 19.7 Å². The molecule has 114 valence electrons. The van der Waals surface area contributed by atoms with Crippen LogP contribution in [0.1, 0.15) is 38.7 Å². The van der Waals surface area contributed by atoms with E-state index < -0.39 is 0 Å². The van der Waals surface area contributed by atoms with Crippen molar-refractivity contribution in [1.82, 2.24) is 25.1 Å². The molecule has 6 heteroatoms. The van der Waals surface area contributed by atoms with Gasteiger partial charge < -0.3 is 10.1 Å². The van der Waals surface area contributed by atoms with Gasteiger partial charge in [-0.05, 0) is 18.6 Å². The summed E-state index contributed by atoms with van der Waals surface area (Å²) in [7, 11) is 0. The Morgan fingerprint density at radius 3 is 2.81 bits per heavy atom. The molecule has 6 nitrogen and oxygen atoms in total. The summed E-state index contributed by atoms with van der Waals surface area (Å²) >= 11 is 0. The van der Waals surface area contributed by atoms with Crippen molar-refractivity contribution in [2.45, 2.75) is 52.9 Å². The Bertz CT molecular complexity index is 535. The standard InChI is InChI=1S/C15H23N5O/c1-4-7-20-15(18-11-19-20)10-21-14-6-5-13(17-9-14)8-16-12(2)3/h5-6,9,11-12,16H,4,7-8,10H2,1-3H3. The summed E-state index contributed by atoms with van der Waals surface area (Å²) in [5.41, 5.74) is 1.00. The highest BCUT2D eigenvalue weighted by Gasteiger charge is 2.05. The van der Waals surface area contributed by atoms with Crippen LogP contribution in [0.25, 0.3) is 0 Å². The largest absolute Gasteiger partial charge is 0.484 e. The van der Waals surface area contributed by atoms with Gasteiger partial charge in [-0.1, -0.05) is 20.8 Å². The molecular formula is C15H23N5O. The molecule has 0 aromatic carbocycles. The van der Waals surface area contributed by atoms with Gasteiger partial charge in [0.1, 0.15) is 18.7 Å². The number of aryl methyl sites for hydroxylation is 1. The smallest absolute Gasteiger partial charge is 0.164 e. The molecule has 21 heavy (non-hydrogen) atoms. The van der Waals surface area contributed by atoms with Crippen molar-refractivity contribution < 1.29 is 4.74 Å². The third-order valence-electron chi connectivity index (χ3n) is 2.99. The highest BCUT2D eigenvalue weighted by Crippen LogP contribution is 2.11. The van der Waals surface area contributed by atoms with Crippen molar-refractivity contribution in [1.29, 1.82) is 0 Å². The van der Waals surface area contributed by atoms with E-state index in [-0.39, 0.29) is 0 Å². The van der Waals surface area contributed by atoms with Crippen LogP contribution in [0.5, 0.6) is 5.75 Å². The third-order valence-corrected chi connectivity index (χ3v) is 2.99. The second-order valence-electron chi connectivity index (χ2n) is 5.21. The predicted molar refractivity (Wildman–Crippen MR) is 80.9 cm³/mol. The lowest BCUT2D eigenvalue weighted by Gasteiger charge is -2.09. The molecule has 0 fully saturated rings. The second-order valence-corrected chi connectivity index (χ2v) is 5.21. The first-order chi connectivity index (χ1) is 10.2. The summed E-state index contributed by atoms with van der Waals surface area (Å²) < 4.78 is 7.58. The Labute approximate surface area is 125 Å². The van der Waals surface area contributed by atoms with Gasteiger partial charge in [-0.3, -0.25) is 4.98 Å². The Kier molecular flexibility index (Phi) is 5.68. The summed E-state index contributed by atoms with van der Waals surface area (Å²) in [6.45, 7) is 8.37. The average Bonchev–Trinajstić information content (AvgIpc) is 2.92. The molecule has 0 aliphatic rings. The molecule has 0 amide bonds. The summed E-state index contributed by atoms with van der Waals surface area (Å²) in [6, 6.07) is 4.36. The minimum Gasteiger partial charge on any atom is -0.484 e. The molecular weight excluding hydrogens is 266 g/mol. The van der Waals surface area contributed by atoms with Gasteiger partial charge in [0.25, 0.3) is 0 Å². The highest BCUT2D eigenvalue weighted by atomic mass is 16.5. The molecule has 0 radical (unpaired) electrons. The molecule has 0 aliphatic heterocycles. The van der Waals surface area contributed by atoms with E-state index in [1.807, 2.05) is 16.8 Å². The lowest BCUT2D eigenvalue weighted by Crippen LogP contribution is -2.22. The number of nitrogens with one attached hydrogen (secondary N) is 1. The van der Waals surface area contributed by atoms with E-state index >= 15 is 0 Å². The topological polar surface area (TPSA) is 64.9 Å². The highest BCUT2D eigenvalue weighted by molar-refractivity contribution is 5.20. The number of nitrogens with zero attached hydrogens (tertiary/aromatic N) is 4. The number of pyridine rings is 1. The zero-order valence-electron chi connectivity index (χ0n) is 12.9. The fourth-order valence-corrected chi connectivity index (χ4v) is 1.86. The zero-order valence-corrected chi connectivity index (χ0v) is 12.9. The van der Waals surface area contributed by atoms with E-state index in [1.165, 1.54) is 0 Å². The normalized spacial score (nSPS) is 11.0. The maximum atomic E-state index is 5.71. The van der Waals surface area contributed by atoms with Crippen LogP contribution in [0.15, 0.2) is 24.7 Å². The molecule has 0 unspecified atom stereocenters. The minimum atomic E-state index is 0.408. The molecule has 2 aromatic rings. The van der Waals surface area contributed by atoms with Crippen molar-refractivity contribution in [3.05, 3.63) is 36.2 Å². The van der Waals surface area contributed by atoms with Crippen molar-refractivity contribution in [3.63, 3.8) is 0 Å². The van der Waals surface area contributed by atoms with E-state index in [0.29, 0.717) is 12.6 Å². The Balaban J connectivity index is 1.87. The minimum absolute atomic E-state index is 0.408. The predicted octanol–water partition coefficient (Wildman–Crippen LogP) is 2.16. The summed E-state index contributed by atoms with van der Waals surface area (Å²) in [5.74, 6) is 1.58. The van der Waals surface area contributed by atoms with E-state index in [4.69, 9.17) is 4.74 Å². The van der Waals surface area contributed by atoms with Gasteiger partial charge >= 0.3 is 0 Å². The van der Waals surface area contributed by atoms with Gasteiger partial charge in [0.05, 0.1) is 11.9 Å². The molecule has 0 atom stereocenters. The first-order valence-electron chi connectivity index (χ1n) is 7.36. The van der Waals surface area contributed by atoms with E-state index in [9.17, 15) is 0 Å². The molecule has 0 bridgehead atoms. The van der Waals surface area contributed by atoms with Crippen LogP contribution < -0.4 is 10.1 Å². The van der Waals surface area contributed by atoms with Gasteiger partial charge in [-0.2, -0.15) is 5.10 Å². The van der Waals surface area contributed by atoms with Crippen molar-refractivity contribution in [2.24, 2.45) is 0 Å². The van der Waals surface area contributed by atoms with Gasteiger partial charge in [0, 0.05) is 19.1 Å². The molecule has 0 spiro atoms. The van der Waals surface area contributed by atoms with Crippen LogP contribution in [0.4, 0.5) is 0 Å².